The van der Waals surface area contributed by atoms with E-state index >= 15 is 0 Å². The second-order valence-electron chi connectivity index (χ2n) is 4.04. The van der Waals surface area contributed by atoms with E-state index in [0.717, 1.165) is 0 Å². The lowest BCUT2D eigenvalue weighted by Gasteiger charge is -2.15. The molecule has 0 bridgehead atoms. The molecule has 9 heteroatoms. The Labute approximate surface area is 125 Å². The smallest absolute Gasteiger partial charge is 0.442 e. The molecule has 0 spiro atoms. The second kappa shape index (κ2) is 8.33. The van der Waals surface area contributed by atoms with Gasteiger partial charge in [0.15, 0.2) is 0 Å². The molecule has 0 fully saturated rings. The van der Waals surface area contributed by atoms with Gasteiger partial charge in [0, 0.05) is 4.91 Å². The predicted octanol–water partition coefficient (Wildman–Crippen LogP) is 1.20. The zero-order valence-corrected chi connectivity index (χ0v) is 11.7. The average Bonchev–Trinajstić information content (AvgIpc) is 2.53. The zero-order chi connectivity index (χ0) is 16.5. The summed E-state index contributed by atoms with van der Waals surface area (Å²) in [6.07, 6.45) is -1.50. The van der Waals surface area contributed by atoms with Crippen LogP contribution in [-0.4, -0.2) is 40.0 Å². The molecule has 0 aliphatic carbocycles. The number of aliphatic hydroxyl groups excluding tert-OH is 1. The van der Waals surface area contributed by atoms with E-state index in [0.29, 0.717) is 5.56 Å². The van der Waals surface area contributed by atoms with Crippen LogP contribution in [0.1, 0.15) is 18.6 Å². The molecule has 9 nitrogen and oxygen atoms in total. The summed E-state index contributed by atoms with van der Waals surface area (Å²) < 4.78 is 4.56. The first kappa shape index (κ1) is 17.1. The number of ether oxygens (including phenoxy) is 1. The molecular weight excluding hydrogens is 290 g/mol. The predicted molar refractivity (Wildman–Crippen MR) is 74.6 cm³/mol. The number of hydrogen-bond acceptors (Lipinski definition) is 5. The van der Waals surface area contributed by atoms with Crippen LogP contribution in [0.15, 0.2) is 35.4 Å². The van der Waals surface area contributed by atoms with Crippen LogP contribution in [0, 0.1) is 0 Å². The fourth-order valence-corrected chi connectivity index (χ4v) is 1.68. The molecule has 1 rings (SSSR count). The Morgan fingerprint density at radius 3 is 2.45 bits per heavy atom. The Kier molecular flexibility index (Phi) is 6.46. The molecule has 0 aromatic heterocycles. The molecule has 1 aromatic rings. The van der Waals surface area contributed by atoms with Crippen LogP contribution in [0.2, 0.25) is 0 Å². The summed E-state index contributed by atoms with van der Waals surface area (Å²) in [5, 5.41) is 13.4. The van der Waals surface area contributed by atoms with E-state index in [1.54, 1.807) is 18.2 Å². The van der Waals surface area contributed by atoms with Crippen LogP contribution in [0.25, 0.3) is 16.0 Å². The minimum atomic E-state index is -1.66. The second-order valence-corrected chi connectivity index (χ2v) is 4.04. The van der Waals surface area contributed by atoms with E-state index in [4.69, 9.17) is 11.1 Å². The number of carbonyl (C=O) groups excluding carboxylic acids is 2. The summed E-state index contributed by atoms with van der Waals surface area (Å²) in [7, 11) is 0. The number of rotatable bonds is 7. The highest BCUT2D eigenvalue weighted by atomic mass is 16.5. The molecule has 0 saturated carbocycles. The first-order chi connectivity index (χ1) is 10.6. The Morgan fingerprint density at radius 1 is 1.32 bits per heavy atom. The molecule has 2 atom stereocenters. The summed E-state index contributed by atoms with van der Waals surface area (Å²) in [4.78, 5) is 28.8. The van der Waals surface area contributed by atoms with Crippen molar-refractivity contribution in [3.8, 4) is 0 Å². The Balaban J connectivity index is 3.14. The summed E-state index contributed by atoms with van der Waals surface area (Å²) in [5.41, 5.74) is 16.7. The summed E-state index contributed by atoms with van der Waals surface area (Å²) >= 11 is 0. The quantitative estimate of drug-likeness (QED) is 0.201. The third-order valence-corrected chi connectivity index (χ3v) is 2.69. The highest BCUT2D eigenvalue weighted by Gasteiger charge is 2.40. The fourth-order valence-electron chi connectivity index (χ4n) is 1.68. The lowest BCUT2D eigenvalue weighted by molar-refractivity contribution is -0.142. The molecule has 1 aromatic carbocycles. The molecular formula is C13H13N5O4. The summed E-state index contributed by atoms with van der Waals surface area (Å²) in [6, 6.07) is 6.28. The molecule has 0 saturated heterocycles. The number of esters is 1. The molecule has 1 N–H and O–H groups in total. The maximum atomic E-state index is 12.2. The van der Waals surface area contributed by atoms with Crippen molar-refractivity contribution in [3.63, 3.8) is 0 Å². The number of Topliss-reactive ketones (excluding diaryl/α,β-unsaturated/α-hetero) is 1. The van der Waals surface area contributed by atoms with Crippen molar-refractivity contribution in [2.45, 2.75) is 19.1 Å². The third-order valence-electron chi connectivity index (χ3n) is 2.69. The van der Waals surface area contributed by atoms with Gasteiger partial charge in [-0.15, -0.1) is 0 Å². The number of carbonyl (C=O) groups is 2. The third kappa shape index (κ3) is 4.00. The number of nitrogens with zero attached hydrogens (tertiary/aromatic N) is 5. The average molecular weight is 303 g/mol. The molecule has 0 heterocycles. The van der Waals surface area contributed by atoms with E-state index in [1.165, 1.54) is 19.1 Å². The van der Waals surface area contributed by atoms with Crippen molar-refractivity contribution in [2.24, 2.45) is 5.11 Å². The first-order valence-corrected chi connectivity index (χ1v) is 6.27. The van der Waals surface area contributed by atoms with Gasteiger partial charge < -0.3 is 15.4 Å². The van der Waals surface area contributed by atoms with Crippen molar-refractivity contribution in [3.05, 3.63) is 51.9 Å². The highest BCUT2D eigenvalue weighted by Crippen LogP contribution is 2.20. The lowest BCUT2D eigenvalue weighted by atomic mass is 9.97. The van der Waals surface area contributed by atoms with E-state index < -0.39 is 29.6 Å². The van der Waals surface area contributed by atoms with Crippen LogP contribution >= 0.6 is 0 Å². The topological polar surface area (TPSA) is 149 Å². The fraction of sp³-hybridized carbons (Fsp3) is 0.308. The number of aliphatic hydroxyl groups is 1. The van der Waals surface area contributed by atoms with Gasteiger partial charge >= 0.3 is 11.7 Å². The summed E-state index contributed by atoms with van der Waals surface area (Å²) in [6.45, 7) is 1.46. The number of ketones is 1. The zero-order valence-electron chi connectivity index (χ0n) is 11.7. The summed E-state index contributed by atoms with van der Waals surface area (Å²) in [5.74, 6) is -2.32. The van der Waals surface area contributed by atoms with E-state index in [1.807, 2.05) is 0 Å². The standard InChI is InChI=1S/C13H13N5O4/c1-2-22-13(21)10(16-14)12(20)9(17-18-15)11(19)8-6-4-3-5-7-8/h3-7,9,11,19H,2H2,1H3/t9-,11-/m1/s1. The Hall–Kier alpha value is -2.99. The first-order valence-electron chi connectivity index (χ1n) is 6.27. The number of benzene rings is 1. The SMILES string of the molecule is CCOC(=O)C(=[N+]=[N-])C(=O)[C@H](N=[N+]=[N-])[C@H](O)c1ccccc1. The molecule has 0 aliphatic rings. The number of hydrogen-bond donors (Lipinski definition) is 1. The maximum Gasteiger partial charge on any atom is 0.442 e. The number of azide groups is 1. The largest absolute Gasteiger partial charge is 0.457 e. The van der Waals surface area contributed by atoms with Gasteiger partial charge in [-0.1, -0.05) is 35.4 Å². The van der Waals surface area contributed by atoms with Crippen molar-refractivity contribution in [2.75, 3.05) is 6.61 Å². The van der Waals surface area contributed by atoms with Crippen LogP contribution in [0.5, 0.6) is 0 Å². The van der Waals surface area contributed by atoms with Crippen LogP contribution in [0.4, 0.5) is 0 Å². The van der Waals surface area contributed by atoms with Crippen LogP contribution in [0.3, 0.4) is 0 Å². The molecule has 114 valence electrons. The molecule has 0 unspecified atom stereocenters. The van der Waals surface area contributed by atoms with Crippen molar-refractivity contribution >= 4 is 17.5 Å². The van der Waals surface area contributed by atoms with Gasteiger partial charge in [-0.3, -0.25) is 4.79 Å². The highest BCUT2D eigenvalue weighted by molar-refractivity contribution is 6.63. The molecule has 0 aliphatic heterocycles. The van der Waals surface area contributed by atoms with Crippen LogP contribution in [-0.2, 0) is 14.3 Å². The van der Waals surface area contributed by atoms with E-state index in [9.17, 15) is 14.7 Å². The molecule has 22 heavy (non-hydrogen) atoms. The normalized spacial score (nSPS) is 12.3. The van der Waals surface area contributed by atoms with Gasteiger partial charge in [0.05, 0.1) is 12.7 Å². The maximum absolute atomic E-state index is 12.2. The lowest BCUT2D eigenvalue weighted by Crippen LogP contribution is -2.38. The van der Waals surface area contributed by atoms with Gasteiger partial charge in [0.1, 0.15) is 6.04 Å². The molecule has 0 radical (unpaired) electrons. The van der Waals surface area contributed by atoms with Gasteiger partial charge in [-0.05, 0) is 18.0 Å². The molecule has 0 amide bonds. The van der Waals surface area contributed by atoms with E-state index in [2.05, 4.69) is 19.6 Å². The van der Waals surface area contributed by atoms with E-state index in [-0.39, 0.29) is 6.61 Å². The Morgan fingerprint density at radius 2 is 1.95 bits per heavy atom. The van der Waals surface area contributed by atoms with Crippen LogP contribution < -0.4 is 0 Å². The van der Waals surface area contributed by atoms with Crippen molar-refractivity contribution in [1.82, 2.24) is 0 Å². The minimum absolute atomic E-state index is 0.0431. The van der Waals surface area contributed by atoms with Gasteiger partial charge in [-0.25, -0.2) is 4.79 Å². The monoisotopic (exact) mass is 303 g/mol. The van der Waals surface area contributed by atoms with Gasteiger partial charge in [-0.2, -0.15) is 4.79 Å². The van der Waals surface area contributed by atoms with Gasteiger partial charge in [0.25, 0.3) is 5.78 Å². The van der Waals surface area contributed by atoms with Crippen molar-refractivity contribution in [1.29, 1.82) is 0 Å². The Bertz CT molecular complexity index is 648. The van der Waals surface area contributed by atoms with Gasteiger partial charge in [0.2, 0.25) is 0 Å². The van der Waals surface area contributed by atoms with Crippen molar-refractivity contribution < 1.29 is 24.2 Å². The minimum Gasteiger partial charge on any atom is -0.457 e.